The van der Waals surface area contributed by atoms with Crippen LogP contribution in [0.1, 0.15) is 43.6 Å². The Morgan fingerprint density at radius 3 is 2.59 bits per heavy atom. The highest BCUT2D eigenvalue weighted by atomic mass is 79.9. The van der Waals surface area contributed by atoms with Crippen molar-refractivity contribution in [1.29, 1.82) is 0 Å². The van der Waals surface area contributed by atoms with Crippen molar-refractivity contribution in [2.45, 2.75) is 39.7 Å². The molecule has 4 rings (SSSR count). The summed E-state index contributed by atoms with van der Waals surface area (Å²) in [5.41, 5.74) is 2.07. The SMILES string of the molecule is CCCCc1nc2ccc(Br)cc2c(=O)n1N=Cc1cc(OCC)c(OCc2ccccc2)c(Cl)c1Br. The van der Waals surface area contributed by atoms with Crippen molar-refractivity contribution in [3.05, 3.63) is 95.9 Å². The minimum atomic E-state index is -0.233. The molecule has 0 saturated heterocycles. The Balaban J connectivity index is 1.74. The highest BCUT2D eigenvalue weighted by Crippen LogP contribution is 2.42. The van der Waals surface area contributed by atoms with Crippen LogP contribution in [0.2, 0.25) is 5.02 Å². The molecule has 1 heterocycles. The number of halogens is 3. The maximum Gasteiger partial charge on any atom is 0.282 e. The van der Waals surface area contributed by atoms with Crippen LogP contribution in [0.25, 0.3) is 10.9 Å². The lowest BCUT2D eigenvalue weighted by atomic mass is 10.2. The van der Waals surface area contributed by atoms with Crippen LogP contribution in [-0.4, -0.2) is 22.5 Å². The van der Waals surface area contributed by atoms with Crippen molar-refractivity contribution in [2.75, 3.05) is 6.61 Å². The zero-order valence-electron chi connectivity index (χ0n) is 20.5. The summed E-state index contributed by atoms with van der Waals surface area (Å²) in [4.78, 5) is 18.1. The van der Waals surface area contributed by atoms with Gasteiger partial charge in [0.1, 0.15) is 17.5 Å². The Hall–Kier alpha value is -2.68. The molecule has 0 saturated carbocycles. The maximum atomic E-state index is 13.4. The van der Waals surface area contributed by atoms with Gasteiger partial charge in [0.2, 0.25) is 0 Å². The number of aromatic nitrogens is 2. The summed E-state index contributed by atoms with van der Waals surface area (Å²) in [7, 11) is 0. The molecule has 0 atom stereocenters. The zero-order chi connectivity index (χ0) is 26.4. The van der Waals surface area contributed by atoms with Crippen LogP contribution in [0.5, 0.6) is 11.5 Å². The average Bonchev–Trinajstić information content (AvgIpc) is 2.90. The van der Waals surface area contributed by atoms with Crippen molar-refractivity contribution in [1.82, 2.24) is 9.66 Å². The Bertz CT molecular complexity index is 1490. The van der Waals surface area contributed by atoms with Crippen molar-refractivity contribution in [3.63, 3.8) is 0 Å². The molecule has 0 radical (unpaired) electrons. The third-order valence-corrected chi connectivity index (χ3v) is 7.56. The molecule has 37 heavy (non-hydrogen) atoms. The minimum Gasteiger partial charge on any atom is -0.490 e. The van der Waals surface area contributed by atoms with Gasteiger partial charge in [0.05, 0.1) is 23.7 Å². The van der Waals surface area contributed by atoms with E-state index in [1.54, 1.807) is 18.3 Å². The largest absolute Gasteiger partial charge is 0.490 e. The van der Waals surface area contributed by atoms with Gasteiger partial charge < -0.3 is 9.47 Å². The Labute approximate surface area is 237 Å². The number of hydrogen-bond donors (Lipinski definition) is 0. The number of aryl methyl sites for hydroxylation is 1. The van der Waals surface area contributed by atoms with Gasteiger partial charge in [-0.2, -0.15) is 9.78 Å². The molecule has 0 bridgehead atoms. The van der Waals surface area contributed by atoms with Crippen molar-refractivity contribution in [2.24, 2.45) is 5.10 Å². The first-order valence-corrected chi connectivity index (χ1v) is 14.0. The summed E-state index contributed by atoms with van der Waals surface area (Å²) in [6.45, 7) is 4.76. The summed E-state index contributed by atoms with van der Waals surface area (Å²) in [6, 6.07) is 17.1. The highest BCUT2D eigenvalue weighted by molar-refractivity contribution is 9.10. The van der Waals surface area contributed by atoms with E-state index in [0.717, 1.165) is 22.9 Å². The second-order valence-electron chi connectivity index (χ2n) is 8.28. The molecule has 0 N–H and O–H groups in total. The van der Waals surface area contributed by atoms with Crippen LogP contribution in [0.4, 0.5) is 0 Å². The number of fused-ring (bicyclic) bond motifs is 1. The zero-order valence-corrected chi connectivity index (χ0v) is 24.4. The molecule has 3 aromatic carbocycles. The molecule has 0 aliphatic rings. The second-order valence-corrected chi connectivity index (χ2v) is 10.4. The van der Waals surface area contributed by atoms with Gasteiger partial charge in [-0.3, -0.25) is 4.79 Å². The molecule has 1 aromatic heterocycles. The lowest BCUT2D eigenvalue weighted by Crippen LogP contribution is -2.22. The number of rotatable bonds is 10. The molecule has 0 aliphatic heterocycles. The van der Waals surface area contributed by atoms with E-state index in [9.17, 15) is 4.79 Å². The van der Waals surface area contributed by atoms with Gasteiger partial charge in [0.15, 0.2) is 11.5 Å². The van der Waals surface area contributed by atoms with E-state index in [2.05, 4.69) is 43.9 Å². The number of unbranched alkanes of at least 4 members (excludes halogenated alkanes) is 1. The topological polar surface area (TPSA) is 65.7 Å². The average molecular weight is 648 g/mol. The van der Waals surface area contributed by atoms with E-state index >= 15 is 0 Å². The maximum absolute atomic E-state index is 13.4. The van der Waals surface area contributed by atoms with Gasteiger partial charge in [0.25, 0.3) is 5.56 Å². The normalized spacial score (nSPS) is 11.4. The Morgan fingerprint density at radius 1 is 1.08 bits per heavy atom. The lowest BCUT2D eigenvalue weighted by molar-refractivity contribution is 0.269. The quantitative estimate of drug-likeness (QED) is 0.165. The van der Waals surface area contributed by atoms with E-state index in [-0.39, 0.29) is 5.56 Å². The van der Waals surface area contributed by atoms with E-state index in [4.69, 9.17) is 26.1 Å². The van der Waals surface area contributed by atoms with Gasteiger partial charge >= 0.3 is 0 Å². The number of ether oxygens (including phenoxy) is 2. The highest BCUT2D eigenvalue weighted by Gasteiger charge is 2.18. The van der Waals surface area contributed by atoms with E-state index in [0.29, 0.717) is 62.9 Å². The molecule has 4 aromatic rings. The van der Waals surface area contributed by atoms with Crippen molar-refractivity contribution >= 4 is 60.6 Å². The summed E-state index contributed by atoms with van der Waals surface area (Å²) >= 11 is 13.7. The Morgan fingerprint density at radius 2 is 1.86 bits per heavy atom. The van der Waals surface area contributed by atoms with Gasteiger partial charge in [-0.1, -0.05) is 71.2 Å². The summed E-state index contributed by atoms with van der Waals surface area (Å²) in [5, 5.41) is 5.40. The number of nitrogens with zero attached hydrogens (tertiary/aromatic N) is 3. The van der Waals surface area contributed by atoms with E-state index < -0.39 is 0 Å². The molecule has 0 aliphatic carbocycles. The minimum absolute atomic E-state index is 0.233. The fourth-order valence-electron chi connectivity index (χ4n) is 3.76. The second kappa shape index (κ2) is 12.7. The smallest absolute Gasteiger partial charge is 0.282 e. The predicted molar refractivity (Wildman–Crippen MR) is 156 cm³/mol. The summed E-state index contributed by atoms with van der Waals surface area (Å²) < 4.78 is 14.6. The monoisotopic (exact) mass is 645 g/mol. The van der Waals surface area contributed by atoms with E-state index in [1.807, 2.05) is 49.4 Å². The van der Waals surface area contributed by atoms with Crippen LogP contribution < -0.4 is 15.0 Å². The van der Waals surface area contributed by atoms with Crippen molar-refractivity contribution < 1.29 is 9.47 Å². The summed E-state index contributed by atoms with van der Waals surface area (Å²) in [6.07, 6.45) is 4.08. The van der Waals surface area contributed by atoms with Crippen LogP contribution in [0.15, 0.2) is 73.4 Å². The third kappa shape index (κ3) is 6.43. The van der Waals surface area contributed by atoms with Crippen LogP contribution in [0, 0.1) is 0 Å². The molecular formula is C28H26Br2ClN3O3. The first kappa shape index (κ1) is 27.4. The third-order valence-electron chi connectivity index (χ3n) is 5.62. The molecule has 0 fully saturated rings. The number of benzene rings is 3. The standard InChI is InChI=1S/C28H26Br2ClN3O3/c1-3-5-11-24-33-22-13-12-20(29)15-21(22)28(35)34(24)32-16-19-14-23(36-4-2)27(26(31)25(19)30)37-17-18-9-7-6-8-10-18/h6-10,12-16H,3-5,11,17H2,1-2H3. The van der Waals surface area contributed by atoms with Crippen LogP contribution in [0.3, 0.4) is 0 Å². The predicted octanol–water partition coefficient (Wildman–Crippen LogP) is 7.78. The molecule has 192 valence electrons. The fourth-order valence-corrected chi connectivity index (χ4v) is 4.77. The van der Waals surface area contributed by atoms with Gasteiger partial charge in [-0.15, -0.1) is 0 Å². The molecule has 6 nitrogen and oxygen atoms in total. The Kier molecular flexibility index (Phi) is 9.40. The van der Waals surface area contributed by atoms with Crippen LogP contribution in [-0.2, 0) is 13.0 Å². The molecule has 9 heteroatoms. The van der Waals surface area contributed by atoms with Gasteiger partial charge in [-0.05, 0) is 59.1 Å². The molecular weight excluding hydrogens is 622 g/mol. The lowest BCUT2D eigenvalue weighted by Gasteiger charge is -2.16. The van der Waals surface area contributed by atoms with E-state index in [1.165, 1.54) is 4.68 Å². The molecule has 0 amide bonds. The number of hydrogen-bond acceptors (Lipinski definition) is 5. The first-order valence-electron chi connectivity index (χ1n) is 12.0. The fraction of sp³-hybridized carbons (Fsp3) is 0.250. The van der Waals surface area contributed by atoms with Gasteiger partial charge in [0, 0.05) is 20.9 Å². The van der Waals surface area contributed by atoms with Crippen molar-refractivity contribution in [3.8, 4) is 11.5 Å². The van der Waals surface area contributed by atoms with Crippen LogP contribution >= 0.6 is 43.5 Å². The molecule has 0 spiro atoms. The summed E-state index contributed by atoms with van der Waals surface area (Å²) in [5.74, 6) is 1.54. The van der Waals surface area contributed by atoms with Gasteiger partial charge in [-0.25, -0.2) is 4.98 Å². The first-order chi connectivity index (χ1) is 17.9. The molecule has 0 unspecified atom stereocenters.